The number of amides is 2. The van der Waals surface area contributed by atoms with Gasteiger partial charge in [-0.2, -0.15) is 10.4 Å². The van der Waals surface area contributed by atoms with Crippen molar-refractivity contribution in [1.82, 2.24) is 5.43 Å². The van der Waals surface area contributed by atoms with Crippen molar-refractivity contribution in [2.45, 2.75) is 26.4 Å². The lowest BCUT2D eigenvalue weighted by Crippen LogP contribution is -2.20. The monoisotopic (exact) mass is 548 g/mol. The zero-order valence-corrected chi connectivity index (χ0v) is 21.2. The number of para-hydroxylation sites is 1. The average molecular weight is 549 g/mol. The summed E-state index contributed by atoms with van der Waals surface area (Å²) in [6, 6.07) is 21.9. The van der Waals surface area contributed by atoms with Crippen LogP contribution in [0.5, 0.6) is 11.5 Å². The van der Waals surface area contributed by atoms with Crippen LogP contribution in [0.3, 0.4) is 0 Å². The molecule has 3 aromatic carbocycles. The first-order valence-electron chi connectivity index (χ1n) is 11.2. The number of nitrogens with zero attached hydrogens (tertiary/aromatic N) is 2. The van der Waals surface area contributed by atoms with Gasteiger partial charge in [-0.3, -0.25) is 9.59 Å². The summed E-state index contributed by atoms with van der Waals surface area (Å²) in [5.74, 6) is 0.357. The molecule has 2 N–H and O–H groups in total. The minimum absolute atomic E-state index is 0.000840. The van der Waals surface area contributed by atoms with Gasteiger partial charge in [-0.1, -0.05) is 36.4 Å². The Morgan fingerprint density at radius 1 is 1.03 bits per heavy atom. The minimum atomic E-state index is -0.380. The number of rotatable bonds is 11. The third-order valence-electron chi connectivity index (χ3n) is 4.88. The van der Waals surface area contributed by atoms with Crippen LogP contribution < -0.4 is 20.2 Å². The summed E-state index contributed by atoms with van der Waals surface area (Å²) in [7, 11) is 0. The second-order valence-electron chi connectivity index (χ2n) is 7.53. The predicted molar refractivity (Wildman–Crippen MR) is 141 cm³/mol. The van der Waals surface area contributed by atoms with Crippen LogP contribution in [-0.2, 0) is 16.2 Å². The zero-order valence-electron chi connectivity index (χ0n) is 19.7. The molecule has 2 amide bonds. The molecule has 8 nitrogen and oxygen atoms in total. The van der Waals surface area contributed by atoms with E-state index in [0.29, 0.717) is 39.4 Å². The van der Waals surface area contributed by atoms with Crippen molar-refractivity contribution in [3.63, 3.8) is 0 Å². The van der Waals surface area contributed by atoms with E-state index in [0.717, 1.165) is 5.56 Å². The Balaban J connectivity index is 1.57. The van der Waals surface area contributed by atoms with E-state index >= 15 is 0 Å². The van der Waals surface area contributed by atoms with Crippen molar-refractivity contribution in [2.75, 3.05) is 11.9 Å². The molecule has 0 radical (unpaired) electrons. The second kappa shape index (κ2) is 13.7. The first kappa shape index (κ1) is 26.4. The highest BCUT2D eigenvalue weighted by Gasteiger charge is 2.13. The lowest BCUT2D eigenvalue weighted by Gasteiger charge is -2.15. The highest BCUT2D eigenvalue weighted by atomic mass is 79.9. The molecule has 0 aromatic heterocycles. The van der Waals surface area contributed by atoms with E-state index in [2.05, 4.69) is 37.8 Å². The van der Waals surface area contributed by atoms with E-state index in [9.17, 15) is 14.9 Å². The third kappa shape index (κ3) is 7.96. The van der Waals surface area contributed by atoms with E-state index in [-0.39, 0.29) is 31.3 Å². The Hall–Kier alpha value is -4.16. The normalized spacial score (nSPS) is 10.5. The number of ether oxygens (including phenoxy) is 2. The molecule has 0 spiro atoms. The van der Waals surface area contributed by atoms with Gasteiger partial charge in [0.05, 0.1) is 28.9 Å². The van der Waals surface area contributed by atoms with Crippen LogP contribution >= 0.6 is 15.9 Å². The van der Waals surface area contributed by atoms with Crippen LogP contribution in [-0.4, -0.2) is 24.6 Å². The van der Waals surface area contributed by atoms with Crippen LogP contribution in [0, 0.1) is 11.3 Å². The summed E-state index contributed by atoms with van der Waals surface area (Å²) in [6.45, 7) is 2.47. The molecule has 0 saturated heterocycles. The van der Waals surface area contributed by atoms with Gasteiger partial charge in [0.25, 0.3) is 0 Å². The maximum Gasteiger partial charge on any atom is 0.240 e. The number of anilines is 1. The Kier molecular flexibility index (Phi) is 10.0. The second-order valence-corrected chi connectivity index (χ2v) is 8.38. The van der Waals surface area contributed by atoms with Crippen LogP contribution in [0.2, 0.25) is 0 Å². The lowest BCUT2D eigenvalue weighted by atomic mass is 10.1. The summed E-state index contributed by atoms with van der Waals surface area (Å²) in [5, 5.41) is 16.0. The van der Waals surface area contributed by atoms with Crippen molar-refractivity contribution in [3.05, 3.63) is 87.9 Å². The Bertz CT molecular complexity index is 1270. The number of halogens is 1. The number of carbonyl (C=O) groups excluding carboxylic acids is 2. The molecule has 0 bridgehead atoms. The summed E-state index contributed by atoms with van der Waals surface area (Å²) in [4.78, 5) is 24.1. The highest BCUT2D eigenvalue weighted by molar-refractivity contribution is 9.10. The van der Waals surface area contributed by atoms with Gasteiger partial charge in [0.1, 0.15) is 6.61 Å². The molecular formula is C27H25BrN4O4. The predicted octanol–water partition coefficient (Wildman–Crippen LogP) is 5.17. The zero-order chi connectivity index (χ0) is 25.8. The van der Waals surface area contributed by atoms with Gasteiger partial charge < -0.3 is 14.8 Å². The molecular weight excluding hydrogens is 524 g/mol. The molecule has 9 heteroatoms. The molecule has 36 heavy (non-hydrogen) atoms. The molecule has 0 saturated carbocycles. The van der Waals surface area contributed by atoms with Crippen LogP contribution in [0.15, 0.2) is 76.3 Å². The van der Waals surface area contributed by atoms with Gasteiger partial charge in [-0.05, 0) is 58.7 Å². The number of nitriles is 1. The number of benzene rings is 3. The average Bonchev–Trinajstić information content (AvgIpc) is 2.88. The van der Waals surface area contributed by atoms with Crippen molar-refractivity contribution in [3.8, 4) is 17.6 Å². The molecule has 0 unspecified atom stereocenters. The molecule has 0 heterocycles. The quantitative estimate of drug-likeness (QED) is 0.253. The number of carbonyl (C=O) groups is 2. The van der Waals surface area contributed by atoms with Crippen molar-refractivity contribution < 1.29 is 19.1 Å². The fourth-order valence-electron chi connectivity index (χ4n) is 3.18. The Labute approximate surface area is 218 Å². The molecule has 0 fully saturated rings. The first-order chi connectivity index (χ1) is 17.5. The molecule has 0 atom stereocenters. The highest BCUT2D eigenvalue weighted by Crippen LogP contribution is 2.37. The van der Waals surface area contributed by atoms with Gasteiger partial charge in [-0.15, -0.1) is 0 Å². The number of hydrogen-bond donors (Lipinski definition) is 2. The third-order valence-corrected chi connectivity index (χ3v) is 5.47. The standard InChI is InChI=1S/C27H25BrN4O4/c1-2-35-24-15-19(14-23(28)27(24)36-18-21-9-7-6-8-20(21)16-29)17-30-32-26(34)13-12-25(33)31-22-10-4-3-5-11-22/h3-11,14-15,17H,2,12-13,18H2,1H3,(H,31,33)(H,32,34). The molecule has 0 aliphatic heterocycles. The van der Waals surface area contributed by atoms with Crippen LogP contribution in [0.1, 0.15) is 36.5 Å². The van der Waals surface area contributed by atoms with Gasteiger partial charge >= 0.3 is 0 Å². The summed E-state index contributed by atoms with van der Waals surface area (Å²) in [5.41, 5.74) is 5.08. The number of nitrogens with one attached hydrogen (secondary N) is 2. The van der Waals surface area contributed by atoms with Gasteiger partial charge in [-0.25, -0.2) is 5.43 Å². The van der Waals surface area contributed by atoms with Gasteiger partial charge in [0, 0.05) is 24.1 Å². The SMILES string of the molecule is CCOc1cc(C=NNC(=O)CCC(=O)Nc2ccccc2)cc(Br)c1OCc1ccccc1C#N. The fourth-order valence-corrected chi connectivity index (χ4v) is 3.75. The molecule has 0 aliphatic carbocycles. The van der Waals surface area contributed by atoms with Gasteiger partial charge in [0.15, 0.2) is 11.5 Å². The Morgan fingerprint density at radius 2 is 1.75 bits per heavy atom. The van der Waals surface area contributed by atoms with Gasteiger partial charge in [0.2, 0.25) is 11.8 Å². The van der Waals surface area contributed by atoms with E-state index in [1.54, 1.807) is 36.4 Å². The maximum atomic E-state index is 12.1. The minimum Gasteiger partial charge on any atom is -0.490 e. The first-order valence-corrected chi connectivity index (χ1v) is 12.0. The molecule has 3 rings (SSSR count). The summed E-state index contributed by atoms with van der Waals surface area (Å²) >= 11 is 3.50. The Morgan fingerprint density at radius 3 is 2.50 bits per heavy atom. The van der Waals surface area contributed by atoms with Crippen molar-refractivity contribution in [2.24, 2.45) is 5.10 Å². The number of hydrazone groups is 1. The van der Waals surface area contributed by atoms with E-state index in [1.165, 1.54) is 6.21 Å². The summed E-state index contributed by atoms with van der Waals surface area (Å²) < 4.78 is 12.3. The molecule has 184 valence electrons. The lowest BCUT2D eigenvalue weighted by molar-refractivity contribution is -0.124. The maximum absolute atomic E-state index is 12.1. The topological polar surface area (TPSA) is 113 Å². The molecule has 0 aliphatic rings. The smallest absolute Gasteiger partial charge is 0.240 e. The summed E-state index contributed by atoms with van der Waals surface area (Å²) in [6.07, 6.45) is 1.52. The van der Waals surface area contributed by atoms with Crippen molar-refractivity contribution in [1.29, 1.82) is 5.26 Å². The van der Waals surface area contributed by atoms with E-state index < -0.39 is 0 Å². The molecule has 3 aromatic rings. The van der Waals surface area contributed by atoms with Crippen LogP contribution in [0.4, 0.5) is 5.69 Å². The number of hydrogen-bond acceptors (Lipinski definition) is 6. The van der Waals surface area contributed by atoms with Crippen LogP contribution in [0.25, 0.3) is 0 Å². The van der Waals surface area contributed by atoms with Crippen molar-refractivity contribution >= 4 is 39.6 Å². The van der Waals surface area contributed by atoms with E-state index in [1.807, 2.05) is 37.3 Å². The van der Waals surface area contributed by atoms with E-state index in [4.69, 9.17) is 9.47 Å². The fraction of sp³-hybridized carbons (Fsp3) is 0.185. The largest absolute Gasteiger partial charge is 0.490 e.